The number of nitrogens with two attached hydrogens (primary N) is 1. The number of nitrogens with zero attached hydrogens (tertiary/aromatic N) is 2. The van der Waals surface area contributed by atoms with E-state index in [2.05, 4.69) is 16.4 Å². The first-order valence-corrected chi connectivity index (χ1v) is 9.48. The minimum absolute atomic E-state index is 0. The molecule has 0 unspecified atom stereocenters. The highest BCUT2D eigenvalue weighted by molar-refractivity contribution is 7.18. The second kappa shape index (κ2) is 9.30. The van der Waals surface area contributed by atoms with Gasteiger partial charge in [-0.2, -0.15) is 0 Å². The van der Waals surface area contributed by atoms with Gasteiger partial charge in [-0.15, -0.1) is 23.7 Å². The minimum Gasteiger partial charge on any atom is -0.355 e. The molecule has 1 saturated heterocycles. The normalized spacial score (nSPS) is 20.3. The number of para-hydroxylation sites is 1. The van der Waals surface area contributed by atoms with Crippen molar-refractivity contribution in [2.45, 2.75) is 32.2 Å². The number of carbonyl (C=O) groups is 2. The first-order valence-electron chi connectivity index (χ1n) is 8.66. The molecule has 0 aliphatic carbocycles. The first-order chi connectivity index (χ1) is 12.0. The van der Waals surface area contributed by atoms with E-state index in [1.165, 1.54) is 11.6 Å². The second-order valence-corrected chi connectivity index (χ2v) is 7.69. The summed E-state index contributed by atoms with van der Waals surface area (Å²) in [6.45, 7) is 3.07. The fraction of sp³-hybridized carbons (Fsp3) is 0.500. The van der Waals surface area contributed by atoms with Gasteiger partial charge < -0.3 is 16.0 Å². The molecule has 1 aromatic heterocycles. The van der Waals surface area contributed by atoms with E-state index in [4.69, 9.17) is 5.73 Å². The van der Waals surface area contributed by atoms with Crippen LogP contribution in [-0.2, 0) is 16.0 Å². The highest BCUT2D eigenvalue weighted by Gasteiger charge is 2.28. The quantitative estimate of drug-likeness (QED) is 0.826. The summed E-state index contributed by atoms with van der Waals surface area (Å²) in [6.07, 6.45) is 2.20. The van der Waals surface area contributed by atoms with Crippen molar-refractivity contribution in [3.05, 3.63) is 29.3 Å². The Labute approximate surface area is 163 Å². The van der Waals surface area contributed by atoms with Crippen LogP contribution in [0.2, 0.25) is 0 Å². The highest BCUT2D eigenvalue weighted by atomic mass is 35.5. The molecule has 2 amide bonds. The van der Waals surface area contributed by atoms with Crippen LogP contribution in [0, 0.1) is 5.92 Å². The fourth-order valence-corrected chi connectivity index (χ4v) is 4.12. The molecule has 0 bridgehead atoms. The lowest BCUT2D eigenvalue weighted by atomic mass is 10.0. The maximum absolute atomic E-state index is 12.5. The predicted molar refractivity (Wildman–Crippen MR) is 107 cm³/mol. The summed E-state index contributed by atoms with van der Waals surface area (Å²) in [4.78, 5) is 30.4. The van der Waals surface area contributed by atoms with Gasteiger partial charge in [-0.05, 0) is 25.0 Å². The van der Waals surface area contributed by atoms with E-state index < -0.39 is 0 Å². The molecular weight excluding hydrogens is 372 g/mol. The molecule has 3 rings (SSSR count). The zero-order valence-electron chi connectivity index (χ0n) is 14.8. The van der Waals surface area contributed by atoms with Crippen LogP contribution in [0.15, 0.2) is 24.3 Å². The summed E-state index contributed by atoms with van der Waals surface area (Å²) in [5.41, 5.74) is 7.01. The van der Waals surface area contributed by atoms with Crippen LogP contribution in [0.3, 0.4) is 0 Å². The minimum atomic E-state index is -0.187. The third-order valence-corrected chi connectivity index (χ3v) is 5.67. The van der Waals surface area contributed by atoms with Crippen molar-refractivity contribution in [1.82, 2.24) is 15.2 Å². The lowest BCUT2D eigenvalue weighted by Gasteiger charge is -2.23. The number of nitrogens with one attached hydrogen (secondary N) is 1. The molecule has 2 atom stereocenters. The monoisotopic (exact) mass is 396 g/mol. The SMILES string of the molecule is CC(=O)N1C[C@@H](N)CC[C@@H](C(=O)NCCc2nc3ccccc3s2)C1.Cl. The molecule has 0 radical (unpaired) electrons. The Hall–Kier alpha value is -1.70. The maximum Gasteiger partial charge on any atom is 0.224 e. The number of thiazole rings is 1. The number of hydrogen-bond acceptors (Lipinski definition) is 5. The maximum atomic E-state index is 12.5. The van der Waals surface area contributed by atoms with E-state index in [-0.39, 0.29) is 36.2 Å². The molecule has 2 aromatic rings. The lowest BCUT2D eigenvalue weighted by Crippen LogP contribution is -2.42. The Morgan fingerprint density at radius 1 is 1.31 bits per heavy atom. The van der Waals surface area contributed by atoms with Gasteiger partial charge in [0.2, 0.25) is 11.8 Å². The van der Waals surface area contributed by atoms with Crippen molar-refractivity contribution in [2.75, 3.05) is 19.6 Å². The molecule has 8 heteroatoms. The molecule has 1 fully saturated rings. The second-order valence-electron chi connectivity index (χ2n) is 6.57. The number of benzene rings is 1. The van der Waals surface area contributed by atoms with E-state index in [0.717, 1.165) is 23.4 Å². The van der Waals surface area contributed by atoms with E-state index in [1.807, 2.05) is 18.2 Å². The summed E-state index contributed by atoms with van der Waals surface area (Å²) in [6, 6.07) is 7.98. The van der Waals surface area contributed by atoms with Crippen molar-refractivity contribution in [3.8, 4) is 0 Å². The fourth-order valence-electron chi connectivity index (χ4n) is 3.16. The summed E-state index contributed by atoms with van der Waals surface area (Å²) < 4.78 is 1.17. The average molecular weight is 397 g/mol. The Morgan fingerprint density at radius 3 is 2.81 bits per heavy atom. The van der Waals surface area contributed by atoms with E-state index in [1.54, 1.807) is 16.2 Å². The van der Waals surface area contributed by atoms with Crippen molar-refractivity contribution >= 4 is 45.8 Å². The number of hydrogen-bond donors (Lipinski definition) is 2. The number of halogens is 1. The molecule has 6 nitrogen and oxygen atoms in total. The van der Waals surface area contributed by atoms with Crippen LogP contribution in [-0.4, -0.2) is 47.4 Å². The Kier molecular flexibility index (Phi) is 7.37. The highest BCUT2D eigenvalue weighted by Crippen LogP contribution is 2.21. The number of amides is 2. The van der Waals surface area contributed by atoms with E-state index in [0.29, 0.717) is 26.1 Å². The van der Waals surface area contributed by atoms with Gasteiger partial charge in [0.1, 0.15) is 0 Å². The van der Waals surface area contributed by atoms with Crippen LogP contribution < -0.4 is 11.1 Å². The summed E-state index contributed by atoms with van der Waals surface area (Å²) in [7, 11) is 0. The third kappa shape index (κ3) is 5.16. The molecule has 2 heterocycles. The smallest absolute Gasteiger partial charge is 0.224 e. The van der Waals surface area contributed by atoms with E-state index >= 15 is 0 Å². The van der Waals surface area contributed by atoms with Crippen LogP contribution in [0.4, 0.5) is 0 Å². The summed E-state index contributed by atoms with van der Waals surface area (Å²) in [5.74, 6) is -0.209. The Morgan fingerprint density at radius 2 is 2.08 bits per heavy atom. The molecule has 1 aliphatic rings. The summed E-state index contributed by atoms with van der Waals surface area (Å²) in [5, 5.41) is 4.02. The van der Waals surface area contributed by atoms with Crippen LogP contribution in [0.1, 0.15) is 24.8 Å². The van der Waals surface area contributed by atoms with Crippen molar-refractivity contribution in [3.63, 3.8) is 0 Å². The van der Waals surface area contributed by atoms with Gasteiger partial charge in [0.25, 0.3) is 0 Å². The van der Waals surface area contributed by atoms with Gasteiger partial charge >= 0.3 is 0 Å². The number of fused-ring (bicyclic) bond motifs is 1. The zero-order valence-corrected chi connectivity index (χ0v) is 16.4. The predicted octanol–water partition coefficient (Wildman–Crippen LogP) is 1.96. The molecule has 142 valence electrons. The van der Waals surface area contributed by atoms with Gasteiger partial charge in [-0.1, -0.05) is 12.1 Å². The molecule has 0 spiro atoms. The van der Waals surface area contributed by atoms with Crippen LogP contribution in [0.25, 0.3) is 10.2 Å². The number of rotatable bonds is 4. The van der Waals surface area contributed by atoms with Crippen molar-refractivity contribution in [2.24, 2.45) is 11.7 Å². The Bertz CT molecular complexity index is 733. The molecule has 26 heavy (non-hydrogen) atoms. The largest absolute Gasteiger partial charge is 0.355 e. The number of aromatic nitrogens is 1. The average Bonchev–Trinajstić information content (AvgIpc) is 2.88. The zero-order chi connectivity index (χ0) is 17.8. The molecule has 0 saturated carbocycles. The number of likely N-dealkylation sites (tertiary alicyclic amines) is 1. The van der Waals surface area contributed by atoms with E-state index in [9.17, 15) is 9.59 Å². The lowest BCUT2D eigenvalue weighted by molar-refractivity contribution is -0.131. The molecule has 3 N–H and O–H groups in total. The third-order valence-electron chi connectivity index (χ3n) is 4.57. The number of carbonyl (C=O) groups excluding carboxylic acids is 2. The van der Waals surface area contributed by atoms with Gasteiger partial charge in [0, 0.05) is 39.0 Å². The van der Waals surface area contributed by atoms with Crippen molar-refractivity contribution < 1.29 is 9.59 Å². The van der Waals surface area contributed by atoms with Crippen LogP contribution in [0.5, 0.6) is 0 Å². The van der Waals surface area contributed by atoms with Crippen LogP contribution >= 0.6 is 23.7 Å². The molecular formula is C18H25ClN4O2S. The topological polar surface area (TPSA) is 88.3 Å². The molecule has 1 aliphatic heterocycles. The summed E-state index contributed by atoms with van der Waals surface area (Å²) >= 11 is 1.66. The Balaban J connectivity index is 0.00000243. The van der Waals surface area contributed by atoms with Gasteiger partial charge in [0.15, 0.2) is 0 Å². The standard InChI is InChI=1S/C18H24N4O2S.ClH/c1-12(23)22-10-13(6-7-14(19)11-22)18(24)20-9-8-17-21-15-4-2-3-5-16(15)25-17;/h2-5,13-14H,6-11,19H2,1H3,(H,20,24);1H/t13-,14+;/m1./s1. The molecule has 1 aromatic carbocycles. The van der Waals surface area contributed by atoms with Crippen molar-refractivity contribution in [1.29, 1.82) is 0 Å². The van der Waals surface area contributed by atoms with Gasteiger partial charge in [0.05, 0.1) is 21.1 Å². The first kappa shape index (κ1) is 20.6. The van der Waals surface area contributed by atoms with Gasteiger partial charge in [-0.3, -0.25) is 9.59 Å². The van der Waals surface area contributed by atoms with Gasteiger partial charge in [-0.25, -0.2) is 4.98 Å².